The van der Waals surface area contributed by atoms with E-state index in [2.05, 4.69) is 37.8 Å². The lowest BCUT2D eigenvalue weighted by Gasteiger charge is -2.27. The molecule has 180 valence electrons. The molecular weight excluding hydrogens is 440 g/mol. The van der Waals surface area contributed by atoms with E-state index in [0.717, 1.165) is 44.3 Å². The highest BCUT2D eigenvalue weighted by Crippen LogP contribution is 2.29. The summed E-state index contributed by atoms with van der Waals surface area (Å²) in [4.78, 5) is 13.8. The number of hydrogen-bond acceptors (Lipinski definition) is 8. The highest BCUT2D eigenvalue weighted by atomic mass is 35.5. The summed E-state index contributed by atoms with van der Waals surface area (Å²) < 4.78 is 11.4. The van der Waals surface area contributed by atoms with Crippen LogP contribution in [-0.2, 0) is 0 Å². The quantitative estimate of drug-likeness (QED) is 0.420. The first-order chi connectivity index (χ1) is 16.1. The van der Waals surface area contributed by atoms with Gasteiger partial charge in [0.1, 0.15) is 12.4 Å². The summed E-state index contributed by atoms with van der Waals surface area (Å²) in [5, 5.41) is 10.9. The van der Waals surface area contributed by atoms with Crippen molar-refractivity contribution in [2.45, 2.75) is 76.3 Å². The van der Waals surface area contributed by atoms with E-state index in [9.17, 15) is 0 Å². The average Bonchev–Trinajstić information content (AvgIpc) is 3.15. The molecule has 2 heterocycles. The Bertz CT molecular complexity index is 914. The zero-order valence-corrected chi connectivity index (χ0v) is 20.4. The summed E-state index contributed by atoms with van der Waals surface area (Å²) in [5.41, 5.74) is 0.749. The van der Waals surface area contributed by atoms with Crippen LogP contribution in [-0.4, -0.2) is 46.8 Å². The number of aromatic nitrogens is 3. The number of nitrogens with one attached hydrogen (secondary N) is 3. The molecule has 2 aromatic rings. The number of methoxy groups -OCH3 is 1. The molecular formula is C24H35ClN6O2. The SMILES string of the molecule is CCC1(COc2nc(Nc3ccc(OC)c(Cl)c3)nc(NC3CCCCCC3)n2)CCCN1. The molecule has 9 heteroatoms. The smallest absolute Gasteiger partial charge is 0.323 e. The number of benzene rings is 1. The number of anilines is 3. The highest BCUT2D eigenvalue weighted by molar-refractivity contribution is 6.32. The predicted molar refractivity (Wildman–Crippen MR) is 132 cm³/mol. The lowest BCUT2D eigenvalue weighted by Crippen LogP contribution is -2.44. The van der Waals surface area contributed by atoms with Crippen molar-refractivity contribution < 1.29 is 9.47 Å². The van der Waals surface area contributed by atoms with Crippen molar-refractivity contribution in [3.05, 3.63) is 23.2 Å². The molecule has 0 radical (unpaired) electrons. The Hall–Kier alpha value is -2.32. The summed E-state index contributed by atoms with van der Waals surface area (Å²) in [6.07, 6.45) is 10.6. The Labute approximate surface area is 201 Å². The Kier molecular flexibility index (Phi) is 8.09. The third-order valence-corrected chi connectivity index (χ3v) is 6.99. The van der Waals surface area contributed by atoms with Crippen molar-refractivity contribution in [2.75, 3.05) is 30.9 Å². The minimum Gasteiger partial charge on any atom is -0.495 e. The van der Waals surface area contributed by atoms with Crippen LogP contribution in [0.15, 0.2) is 18.2 Å². The number of rotatable bonds is 9. The number of halogens is 1. The second-order valence-electron chi connectivity index (χ2n) is 9.03. The molecule has 1 aliphatic carbocycles. The van der Waals surface area contributed by atoms with Crippen LogP contribution in [0.2, 0.25) is 5.02 Å². The number of hydrogen-bond donors (Lipinski definition) is 3. The summed E-state index contributed by atoms with van der Waals surface area (Å²) in [7, 11) is 1.59. The van der Waals surface area contributed by atoms with Gasteiger partial charge in [-0.1, -0.05) is 44.2 Å². The van der Waals surface area contributed by atoms with E-state index in [1.807, 2.05) is 12.1 Å². The lowest BCUT2D eigenvalue weighted by atomic mass is 9.96. The molecule has 4 rings (SSSR count). The monoisotopic (exact) mass is 474 g/mol. The summed E-state index contributed by atoms with van der Waals surface area (Å²) in [6, 6.07) is 6.17. The normalized spacial score (nSPS) is 21.4. The molecule has 1 unspecified atom stereocenters. The van der Waals surface area contributed by atoms with E-state index in [1.165, 1.54) is 25.7 Å². The molecule has 33 heavy (non-hydrogen) atoms. The van der Waals surface area contributed by atoms with Gasteiger partial charge in [-0.2, -0.15) is 15.0 Å². The van der Waals surface area contributed by atoms with E-state index >= 15 is 0 Å². The number of nitrogens with zero attached hydrogens (tertiary/aromatic N) is 3. The van der Waals surface area contributed by atoms with Crippen LogP contribution in [0.4, 0.5) is 17.6 Å². The minimum atomic E-state index is -0.0153. The van der Waals surface area contributed by atoms with Crippen LogP contribution in [0.25, 0.3) is 0 Å². The third kappa shape index (κ3) is 6.38. The summed E-state index contributed by atoms with van der Waals surface area (Å²) >= 11 is 6.29. The molecule has 1 aromatic carbocycles. The first-order valence-corrected chi connectivity index (χ1v) is 12.5. The summed E-state index contributed by atoms with van der Waals surface area (Å²) in [5.74, 6) is 1.58. The van der Waals surface area contributed by atoms with Crippen LogP contribution in [0.5, 0.6) is 11.8 Å². The zero-order chi connectivity index (χ0) is 23.1. The molecule has 0 bridgehead atoms. The van der Waals surface area contributed by atoms with Crippen molar-refractivity contribution >= 4 is 29.2 Å². The van der Waals surface area contributed by atoms with Crippen molar-refractivity contribution in [1.29, 1.82) is 0 Å². The molecule has 0 amide bonds. The van der Waals surface area contributed by atoms with Crippen molar-refractivity contribution in [3.63, 3.8) is 0 Å². The standard InChI is InChI=1S/C24H35ClN6O2/c1-3-24(13-8-14-26-24)16-33-23-30-21(27-17-9-6-4-5-7-10-17)29-22(31-23)28-18-11-12-20(32-2)19(25)15-18/h11-12,15,17,26H,3-10,13-14,16H2,1-2H3,(H2,27,28,29,30,31). The molecule has 0 spiro atoms. The maximum atomic E-state index is 6.29. The maximum absolute atomic E-state index is 6.29. The first-order valence-electron chi connectivity index (χ1n) is 12.1. The van der Waals surface area contributed by atoms with E-state index in [-0.39, 0.29) is 5.54 Å². The maximum Gasteiger partial charge on any atom is 0.323 e. The average molecular weight is 475 g/mol. The second-order valence-corrected chi connectivity index (χ2v) is 9.43. The first kappa shape index (κ1) is 23.8. The van der Waals surface area contributed by atoms with E-state index in [4.69, 9.17) is 21.1 Å². The Morgan fingerprint density at radius 3 is 2.55 bits per heavy atom. The van der Waals surface area contributed by atoms with Gasteiger partial charge in [-0.3, -0.25) is 0 Å². The van der Waals surface area contributed by atoms with Crippen molar-refractivity contribution in [1.82, 2.24) is 20.3 Å². The van der Waals surface area contributed by atoms with Gasteiger partial charge in [-0.25, -0.2) is 0 Å². The van der Waals surface area contributed by atoms with Crippen LogP contribution in [0.3, 0.4) is 0 Å². The largest absolute Gasteiger partial charge is 0.495 e. The van der Waals surface area contributed by atoms with Gasteiger partial charge >= 0.3 is 6.01 Å². The van der Waals surface area contributed by atoms with Gasteiger partial charge in [0, 0.05) is 11.7 Å². The van der Waals surface area contributed by atoms with Gasteiger partial charge in [-0.05, 0) is 56.8 Å². The van der Waals surface area contributed by atoms with Gasteiger partial charge in [0.2, 0.25) is 11.9 Å². The molecule has 1 aliphatic heterocycles. The van der Waals surface area contributed by atoms with E-state index in [1.54, 1.807) is 13.2 Å². The Morgan fingerprint density at radius 2 is 1.88 bits per heavy atom. The summed E-state index contributed by atoms with van der Waals surface area (Å²) in [6.45, 7) is 3.74. The zero-order valence-electron chi connectivity index (χ0n) is 19.6. The van der Waals surface area contributed by atoms with E-state index in [0.29, 0.717) is 41.3 Å². The molecule has 1 saturated carbocycles. The van der Waals surface area contributed by atoms with Gasteiger partial charge in [-0.15, -0.1) is 0 Å². The second kappa shape index (κ2) is 11.2. The van der Waals surface area contributed by atoms with E-state index < -0.39 is 0 Å². The topological polar surface area (TPSA) is 93.2 Å². The van der Waals surface area contributed by atoms with Crippen molar-refractivity contribution in [2.24, 2.45) is 0 Å². The van der Waals surface area contributed by atoms with Crippen LogP contribution in [0.1, 0.15) is 64.7 Å². The molecule has 8 nitrogen and oxygen atoms in total. The fourth-order valence-corrected chi connectivity index (χ4v) is 4.88. The van der Waals surface area contributed by atoms with Crippen LogP contribution in [0, 0.1) is 0 Å². The van der Waals surface area contributed by atoms with Gasteiger partial charge in [0.05, 0.1) is 17.7 Å². The van der Waals surface area contributed by atoms with Crippen molar-refractivity contribution in [3.8, 4) is 11.8 Å². The van der Waals surface area contributed by atoms with Gasteiger partial charge < -0.3 is 25.4 Å². The molecule has 1 saturated heterocycles. The molecule has 1 atom stereocenters. The van der Waals surface area contributed by atoms with Gasteiger partial charge in [0.25, 0.3) is 0 Å². The highest BCUT2D eigenvalue weighted by Gasteiger charge is 2.32. The fraction of sp³-hybridized carbons (Fsp3) is 0.625. The van der Waals surface area contributed by atoms with Crippen LogP contribution < -0.4 is 25.4 Å². The molecule has 2 aliphatic rings. The Morgan fingerprint density at radius 1 is 1.09 bits per heavy atom. The number of ether oxygens (including phenoxy) is 2. The third-order valence-electron chi connectivity index (χ3n) is 6.70. The Balaban J connectivity index is 1.54. The predicted octanol–water partition coefficient (Wildman–Crippen LogP) is 5.32. The molecule has 1 aromatic heterocycles. The molecule has 3 N–H and O–H groups in total. The minimum absolute atomic E-state index is 0.0153. The molecule has 2 fully saturated rings. The van der Waals surface area contributed by atoms with Gasteiger partial charge in [0.15, 0.2) is 0 Å². The van der Waals surface area contributed by atoms with Crippen LogP contribution >= 0.6 is 11.6 Å². The lowest BCUT2D eigenvalue weighted by molar-refractivity contribution is 0.181. The fourth-order valence-electron chi connectivity index (χ4n) is 4.62.